The van der Waals surface area contributed by atoms with E-state index >= 15 is 0 Å². The van der Waals surface area contributed by atoms with Crippen LogP contribution in [0.25, 0.3) is 33.3 Å². The standard InChI is InChI=1S/C37H38ClNO5/c1-5-40-32-16-13-25(20-33(32)41-6-2)36-29-21-27(44-23-26-11-9-10-12-30(26)38)14-15-31(29)39-18-17-24-19-34(42-7-3)35(43-8-4)22-28(24)37(36)39/h9-16,19-22H,5-8,17-18,23H2,1-4H3. The highest BCUT2D eigenvalue weighted by Crippen LogP contribution is 2.49. The molecular weight excluding hydrogens is 574 g/mol. The maximum atomic E-state index is 6.42. The molecule has 0 N–H and O–H groups in total. The van der Waals surface area contributed by atoms with Crippen LogP contribution >= 0.6 is 11.6 Å². The summed E-state index contributed by atoms with van der Waals surface area (Å²) in [6, 6.07) is 24.6. The summed E-state index contributed by atoms with van der Waals surface area (Å²) in [7, 11) is 0. The third-order valence-electron chi connectivity index (χ3n) is 7.85. The van der Waals surface area contributed by atoms with Crippen molar-refractivity contribution >= 4 is 22.5 Å². The number of hydrogen-bond acceptors (Lipinski definition) is 5. The third kappa shape index (κ3) is 5.67. The molecule has 7 heteroatoms. The van der Waals surface area contributed by atoms with Crippen molar-refractivity contribution in [3.8, 4) is 51.1 Å². The highest BCUT2D eigenvalue weighted by Gasteiger charge is 2.28. The van der Waals surface area contributed by atoms with Crippen LogP contribution in [0, 0.1) is 0 Å². The number of aryl methyl sites for hydroxylation is 2. The first kappa shape index (κ1) is 29.8. The van der Waals surface area contributed by atoms with Crippen LogP contribution in [0.2, 0.25) is 5.02 Å². The molecule has 2 heterocycles. The van der Waals surface area contributed by atoms with E-state index in [0.29, 0.717) is 38.1 Å². The fourth-order valence-corrected chi connectivity index (χ4v) is 6.20. The Labute approximate surface area is 264 Å². The second-order valence-electron chi connectivity index (χ2n) is 10.5. The van der Waals surface area contributed by atoms with Gasteiger partial charge in [0.25, 0.3) is 0 Å². The number of fused-ring (bicyclic) bond motifs is 5. The minimum atomic E-state index is 0.381. The Bertz CT molecular complexity index is 1790. The van der Waals surface area contributed by atoms with Crippen molar-refractivity contribution in [2.75, 3.05) is 26.4 Å². The summed E-state index contributed by atoms with van der Waals surface area (Å²) < 4.78 is 32.8. The normalized spacial score (nSPS) is 12.0. The van der Waals surface area contributed by atoms with Crippen molar-refractivity contribution in [3.05, 3.63) is 88.9 Å². The van der Waals surface area contributed by atoms with Crippen LogP contribution in [0.15, 0.2) is 72.8 Å². The van der Waals surface area contributed by atoms with Gasteiger partial charge in [-0.2, -0.15) is 0 Å². The second-order valence-corrected chi connectivity index (χ2v) is 10.9. The summed E-state index contributed by atoms with van der Waals surface area (Å²) >= 11 is 6.42. The third-order valence-corrected chi connectivity index (χ3v) is 8.22. The number of rotatable bonds is 12. The van der Waals surface area contributed by atoms with Gasteiger partial charge in [0.2, 0.25) is 0 Å². The molecule has 1 aliphatic heterocycles. The van der Waals surface area contributed by atoms with Gasteiger partial charge in [0.05, 0.1) is 32.1 Å². The molecule has 44 heavy (non-hydrogen) atoms. The Morgan fingerprint density at radius 2 is 1.36 bits per heavy atom. The highest BCUT2D eigenvalue weighted by atomic mass is 35.5. The Morgan fingerprint density at radius 1 is 0.682 bits per heavy atom. The summed E-state index contributed by atoms with van der Waals surface area (Å²) in [5.74, 6) is 3.78. The molecule has 0 atom stereocenters. The van der Waals surface area contributed by atoms with E-state index in [9.17, 15) is 0 Å². The van der Waals surface area contributed by atoms with Crippen molar-refractivity contribution < 1.29 is 23.7 Å². The Hall–Kier alpha value is -4.29. The van der Waals surface area contributed by atoms with Gasteiger partial charge < -0.3 is 28.3 Å². The number of nitrogens with zero attached hydrogens (tertiary/aromatic N) is 1. The van der Waals surface area contributed by atoms with E-state index in [1.165, 1.54) is 5.56 Å². The lowest BCUT2D eigenvalue weighted by atomic mass is 9.92. The molecule has 0 saturated heterocycles. The summed E-state index contributed by atoms with van der Waals surface area (Å²) in [5, 5.41) is 1.79. The molecule has 0 radical (unpaired) electrons. The van der Waals surface area contributed by atoms with E-state index < -0.39 is 0 Å². The Morgan fingerprint density at radius 3 is 2.09 bits per heavy atom. The van der Waals surface area contributed by atoms with Crippen molar-refractivity contribution in [3.63, 3.8) is 0 Å². The maximum absolute atomic E-state index is 6.42. The number of aromatic nitrogens is 1. The van der Waals surface area contributed by atoms with Gasteiger partial charge in [0.1, 0.15) is 12.4 Å². The van der Waals surface area contributed by atoms with E-state index in [4.69, 9.17) is 35.3 Å². The maximum Gasteiger partial charge on any atom is 0.161 e. The largest absolute Gasteiger partial charge is 0.490 e. The smallest absolute Gasteiger partial charge is 0.161 e. The topological polar surface area (TPSA) is 51.1 Å². The molecule has 228 valence electrons. The number of hydrogen-bond donors (Lipinski definition) is 0. The molecule has 1 aliphatic rings. The van der Waals surface area contributed by atoms with Crippen LogP contribution in [0.5, 0.6) is 28.7 Å². The highest BCUT2D eigenvalue weighted by molar-refractivity contribution is 6.31. The molecule has 6 rings (SSSR count). The van der Waals surface area contributed by atoms with Crippen LogP contribution < -0.4 is 23.7 Å². The zero-order valence-corrected chi connectivity index (χ0v) is 26.5. The van der Waals surface area contributed by atoms with Gasteiger partial charge in [0, 0.05) is 39.2 Å². The average Bonchev–Trinajstić information content (AvgIpc) is 3.36. The summed E-state index contributed by atoms with van der Waals surface area (Å²) in [5.41, 5.74) is 7.75. The zero-order valence-electron chi connectivity index (χ0n) is 25.7. The quantitative estimate of drug-likeness (QED) is 0.141. The Kier molecular flexibility index (Phi) is 8.89. The van der Waals surface area contributed by atoms with Crippen molar-refractivity contribution in [2.45, 2.75) is 47.3 Å². The Balaban J connectivity index is 1.56. The van der Waals surface area contributed by atoms with Gasteiger partial charge in [-0.1, -0.05) is 35.9 Å². The lowest BCUT2D eigenvalue weighted by molar-refractivity contribution is 0.287. The number of ether oxygens (including phenoxy) is 5. The lowest BCUT2D eigenvalue weighted by Crippen LogP contribution is -2.12. The minimum Gasteiger partial charge on any atom is -0.490 e. The van der Waals surface area contributed by atoms with Crippen LogP contribution in [0.4, 0.5) is 0 Å². The van der Waals surface area contributed by atoms with Crippen LogP contribution in [0.3, 0.4) is 0 Å². The number of benzene rings is 4. The molecule has 0 spiro atoms. The molecule has 0 fully saturated rings. The number of halogens is 1. The van der Waals surface area contributed by atoms with E-state index in [1.54, 1.807) is 0 Å². The monoisotopic (exact) mass is 611 g/mol. The van der Waals surface area contributed by atoms with Crippen molar-refractivity contribution in [1.82, 2.24) is 4.57 Å². The van der Waals surface area contributed by atoms with Crippen LogP contribution in [-0.2, 0) is 19.6 Å². The molecule has 0 unspecified atom stereocenters. The first-order chi connectivity index (χ1) is 21.6. The van der Waals surface area contributed by atoms with Crippen LogP contribution in [0.1, 0.15) is 38.8 Å². The van der Waals surface area contributed by atoms with Gasteiger partial charge in [-0.15, -0.1) is 0 Å². The molecule has 5 aromatic rings. The predicted octanol–water partition coefficient (Wildman–Crippen LogP) is 9.36. The van der Waals surface area contributed by atoms with E-state index in [1.807, 2.05) is 64.1 Å². The lowest BCUT2D eigenvalue weighted by Gasteiger charge is -2.24. The minimum absolute atomic E-state index is 0.381. The van der Waals surface area contributed by atoms with E-state index in [-0.39, 0.29) is 0 Å². The summed E-state index contributed by atoms with van der Waals surface area (Å²) in [4.78, 5) is 0. The molecular formula is C37H38ClNO5. The first-order valence-electron chi connectivity index (χ1n) is 15.4. The van der Waals surface area contributed by atoms with Gasteiger partial charge >= 0.3 is 0 Å². The summed E-state index contributed by atoms with van der Waals surface area (Å²) in [6.07, 6.45) is 0.885. The van der Waals surface area contributed by atoms with Gasteiger partial charge in [-0.05, 0) is 93.8 Å². The fourth-order valence-electron chi connectivity index (χ4n) is 6.01. The second kappa shape index (κ2) is 13.1. The SMILES string of the molecule is CCOc1ccc(-c2c3n(c4ccc(OCc5ccccc5Cl)cc24)CCc2cc(OCC)c(OCC)cc2-3)cc1OCC. The van der Waals surface area contributed by atoms with Gasteiger partial charge in [-0.25, -0.2) is 0 Å². The zero-order chi connectivity index (χ0) is 30.6. The molecule has 0 aliphatic carbocycles. The summed E-state index contributed by atoms with van der Waals surface area (Å²) in [6.45, 7) is 11.4. The van der Waals surface area contributed by atoms with Gasteiger partial charge in [-0.3, -0.25) is 0 Å². The van der Waals surface area contributed by atoms with Crippen molar-refractivity contribution in [2.24, 2.45) is 0 Å². The molecule has 4 aromatic carbocycles. The molecule has 6 nitrogen and oxygen atoms in total. The molecule has 0 bridgehead atoms. The molecule has 1 aromatic heterocycles. The van der Waals surface area contributed by atoms with E-state index in [0.717, 1.165) is 80.6 Å². The average molecular weight is 612 g/mol. The van der Waals surface area contributed by atoms with E-state index in [2.05, 4.69) is 41.0 Å². The van der Waals surface area contributed by atoms with Crippen molar-refractivity contribution in [1.29, 1.82) is 0 Å². The first-order valence-corrected chi connectivity index (χ1v) is 15.8. The van der Waals surface area contributed by atoms with Crippen LogP contribution in [-0.4, -0.2) is 31.0 Å². The fraction of sp³-hybridized carbons (Fsp3) is 0.297. The molecule has 0 saturated carbocycles. The van der Waals surface area contributed by atoms with Gasteiger partial charge in [0.15, 0.2) is 23.0 Å². The molecule has 0 amide bonds. The predicted molar refractivity (Wildman–Crippen MR) is 177 cm³/mol.